The number of nitrogens with one attached hydrogen (secondary N) is 2. The Hall–Kier alpha value is -2.60. The minimum Gasteiger partial charge on any atom is -0.396 e. The van der Waals surface area contributed by atoms with Crippen molar-refractivity contribution in [2.75, 3.05) is 31.1 Å². The van der Waals surface area contributed by atoms with E-state index in [0.717, 1.165) is 49.6 Å². The summed E-state index contributed by atoms with van der Waals surface area (Å²) in [7, 11) is 0. The third-order valence-corrected chi connectivity index (χ3v) is 5.31. The zero-order chi connectivity index (χ0) is 20.5. The molecule has 3 rings (SSSR count). The highest BCUT2D eigenvalue weighted by molar-refractivity contribution is 5.79. The molecule has 1 fully saturated rings. The first-order valence-corrected chi connectivity index (χ1v) is 10.4. The molecule has 0 amide bonds. The predicted octanol–water partition coefficient (Wildman–Crippen LogP) is 3.29. The van der Waals surface area contributed by atoms with Crippen molar-refractivity contribution in [3.8, 4) is 0 Å². The van der Waals surface area contributed by atoms with Crippen LogP contribution in [0, 0.1) is 11.7 Å². The van der Waals surface area contributed by atoms with Crippen molar-refractivity contribution in [2.45, 2.75) is 32.9 Å². The molecule has 0 bridgehead atoms. The zero-order valence-electron chi connectivity index (χ0n) is 17.1. The summed E-state index contributed by atoms with van der Waals surface area (Å²) in [6.07, 6.45) is 2.10. The molecule has 1 aliphatic rings. The van der Waals surface area contributed by atoms with Crippen LogP contribution in [0.2, 0.25) is 0 Å². The lowest BCUT2D eigenvalue weighted by molar-refractivity contribution is 0.203. The SMILES string of the molecule is CCNC(=NCc1ccc(N2CCC(CO)CC2)cc1)NCc1ccc(F)cc1. The van der Waals surface area contributed by atoms with Crippen LogP contribution in [-0.4, -0.2) is 37.3 Å². The van der Waals surface area contributed by atoms with Crippen molar-refractivity contribution in [3.63, 3.8) is 0 Å². The van der Waals surface area contributed by atoms with Crippen LogP contribution in [0.1, 0.15) is 30.9 Å². The molecular formula is C23H31FN4O. The first-order valence-electron chi connectivity index (χ1n) is 10.4. The lowest BCUT2D eigenvalue weighted by Gasteiger charge is -2.32. The highest BCUT2D eigenvalue weighted by Gasteiger charge is 2.18. The number of rotatable bonds is 7. The molecule has 0 radical (unpaired) electrons. The maximum atomic E-state index is 13.0. The number of aliphatic hydroxyl groups excluding tert-OH is 1. The van der Waals surface area contributed by atoms with Gasteiger partial charge < -0.3 is 20.6 Å². The van der Waals surface area contributed by atoms with Crippen molar-refractivity contribution in [1.29, 1.82) is 0 Å². The second kappa shape index (κ2) is 10.8. The van der Waals surface area contributed by atoms with Crippen molar-refractivity contribution in [2.24, 2.45) is 10.9 Å². The summed E-state index contributed by atoms with van der Waals surface area (Å²) in [4.78, 5) is 7.04. The molecular weight excluding hydrogens is 367 g/mol. The van der Waals surface area contributed by atoms with Gasteiger partial charge in [0.15, 0.2) is 5.96 Å². The Bertz CT molecular complexity index is 768. The maximum Gasteiger partial charge on any atom is 0.191 e. The van der Waals surface area contributed by atoms with Crippen LogP contribution >= 0.6 is 0 Å². The van der Waals surface area contributed by atoms with Crippen LogP contribution in [0.15, 0.2) is 53.5 Å². The summed E-state index contributed by atoms with van der Waals surface area (Å²) >= 11 is 0. The van der Waals surface area contributed by atoms with Gasteiger partial charge in [0.05, 0.1) is 6.54 Å². The molecule has 0 atom stereocenters. The van der Waals surface area contributed by atoms with Gasteiger partial charge in [-0.1, -0.05) is 24.3 Å². The molecule has 1 heterocycles. The smallest absolute Gasteiger partial charge is 0.191 e. The number of guanidine groups is 1. The monoisotopic (exact) mass is 398 g/mol. The molecule has 5 nitrogen and oxygen atoms in total. The van der Waals surface area contributed by atoms with Gasteiger partial charge >= 0.3 is 0 Å². The summed E-state index contributed by atoms with van der Waals surface area (Å²) in [5.41, 5.74) is 3.39. The molecule has 0 aliphatic carbocycles. The molecule has 0 unspecified atom stereocenters. The number of aliphatic imine (C=N–C) groups is 1. The Balaban J connectivity index is 1.54. The van der Waals surface area contributed by atoms with Crippen LogP contribution in [0.5, 0.6) is 0 Å². The first-order chi connectivity index (χ1) is 14.2. The van der Waals surface area contributed by atoms with Crippen LogP contribution in [0.4, 0.5) is 10.1 Å². The van der Waals surface area contributed by atoms with Gasteiger partial charge in [-0.2, -0.15) is 0 Å². The number of hydrogen-bond acceptors (Lipinski definition) is 3. The average molecular weight is 399 g/mol. The molecule has 0 aromatic heterocycles. The molecule has 0 saturated carbocycles. The Labute approximate surface area is 172 Å². The van der Waals surface area contributed by atoms with Gasteiger partial charge in [-0.15, -0.1) is 0 Å². The molecule has 6 heteroatoms. The van der Waals surface area contributed by atoms with Gasteiger partial charge in [-0.25, -0.2) is 9.38 Å². The van der Waals surface area contributed by atoms with Crippen molar-refractivity contribution < 1.29 is 9.50 Å². The van der Waals surface area contributed by atoms with E-state index < -0.39 is 0 Å². The van der Waals surface area contributed by atoms with E-state index in [4.69, 9.17) is 0 Å². The highest BCUT2D eigenvalue weighted by atomic mass is 19.1. The summed E-state index contributed by atoms with van der Waals surface area (Å²) < 4.78 is 13.0. The number of halogens is 1. The maximum absolute atomic E-state index is 13.0. The van der Waals surface area contributed by atoms with E-state index in [1.54, 1.807) is 12.1 Å². The molecule has 2 aromatic carbocycles. The van der Waals surface area contributed by atoms with E-state index in [1.165, 1.54) is 17.8 Å². The minimum absolute atomic E-state index is 0.226. The Morgan fingerprint density at radius 2 is 1.69 bits per heavy atom. The van der Waals surface area contributed by atoms with E-state index in [0.29, 0.717) is 25.6 Å². The van der Waals surface area contributed by atoms with Gasteiger partial charge in [0, 0.05) is 38.5 Å². The number of aliphatic hydroxyl groups is 1. The normalized spacial score (nSPS) is 15.4. The van der Waals surface area contributed by atoms with E-state index >= 15 is 0 Å². The average Bonchev–Trinajstić information content (AvgIpc) is 2.77. The third kappa shape index (κ3) is 6.46. The van der Waals surface area contributed by atoms with Crippen molar-refractivity contribution in [3.05, 3.63) is 65.5 Å². The van der Waals surface area contributed by atoms with Crippen molar-refractivity contribution in [1.82, 2.24) is 10.6 Å². The van der Waals surface area contributed by atoms with E-state index in [9.17, 15) is 9.50 Å². The Kier molecular flexibility index (Phi) is 7.87. The number of anilines is 1. The zero-order valence-corrected chi connectivity index (χ0v) is 17.1. The van der Waals surface area contributed by atoms with Gasteiger partial charge in [0.25, 0.3) is 0 Å². The van der Waals surface area contributed by atoms with Gasteiger partial charge in [-0.3, -0.25) is 0 Å². The fourth-order valence-electron chi connectivity index (χ4n) is 3.49. The van der Waals surface area contributed by atoms with Crippen LogP contribution in [-0.2, 0) is 13.1 Å². The molecule has 156 valence electrons. The lowest BCUT2D eigenvalue weighted by atomic mass is 9.97. The molecule has 1 aliphatic heterocycles. The van der Waals surface area contributed by atoms with E-state index in [-0.39, 0.29) is 5.82 Å². The topological polar surface area (TPSA) is 59.9 Å². The second-order valence-corrected chi connectivity index (χ2v) is 7.45. The largest absolute Gasteiger partial charge is 0.396 e. The van der Waals surface area contributed by atoms with Gasteiger partial charge in [0.1, 0.15) is 5.82 Å². The fourth-order valence-corrected chi connectivity index (χ4v) is 3.49. The third-order valence-electron chi connectivity index (χ3n) is 5.31. The molecule has 0 spiro atoms. The second-order valence-electron chi connectivity index (χ2n) is 7.45. The number of nitrogens with zero attached hydrogens (tertiary/aromatic N) is 2. The summed E-state index contributed by atoms with van der Waals surface area (Å²) in [6.45, 7) is 6.29. The van der Waals surface area contributed by atoms with E-state index in [2.05, 4.69) is 44.8 Å². The standard InChI is InChI=1S/C23H31FN4O/c1-2-25-23(26-15-18-3-7-21(24)8-4-18)27-16-19-5-9-22(10-6-19)28-13-11-20(17-29)12-14-28/h3-10,20,29H,2,11-17H2,1H3,(H2,25,26,27). The van der Waals surface area contributed by atoms with Crippen LogP contribution in [0.3, 0.4) is 0 Å². The summed E-state index contributed by atoms with van der Waals surface area (Å²) in [5.74, 6) is 0.967. The molecule has 1 saturated heterocycles. The van der Waals surface area contributed by atoms with Crippen LogP contribution < -0.4 is 15.5 Å². The van der Waals surface area contributed by atoms with Crippen LogP contribution in [0.25, 0.3) is 0 Å². The molecule has 29 heavy (non-hydrogen) atoms. The predicted molar refractivity (Wildman–Crippen MR) is 117 cm³/mol. The highest BCUT2D eigenvalue weighted by Crippen LogP contribution is 2.23. The fraction of sp³-hybridized carbons (Fsp3) is 0.435. The molecule has 2 aromatic rings. The quantitative estimate of drug-likeness (QED) is 0.495. The van der Waals surface area contributed by atoms with Gasteiger partial charge in [-0.05, 0) is 61.1 Å². The number of benzene rings is 2. The number of piperidine rings is 1. The number of hydrogen-bond donors (Lipinski definition) is 3. The summed E-state index contributed by atoms with van der Waals surface area (Å²) in [6, 6.07) is 15.0. The minimum atomic E-state index is -0.226. The lowest BCUT2D eigenvalue weighted by Crippen LogP contribution is -2.36. The molecule has 3 N–H and O–H groups in total. The van der Waals surface area contributed by atoms with E-state index in [1.807, 2.05) is 6.92 Å². The summed E-state index contributed by atoms with van der Waals surface area (Å²) in [5, 5.41) is 15.8. The Morgan fingerprint density at radius 1 is 1.03 bits per heavy atom. The van der Waals surface area contributed by atoms with Gasteiger partial charge in [0.2, 0.25) is 0 Å². The van der Waals surface area contributed by atoms with Crippen molar-refractivity contribution >= 4 is 11.6 Å². The Morgan fingerprint density at radius 3 is 2.31 bits per heavy atom. The first kappa shape index (κ1) is 21.1.